The molecule has 0 spiro atoms. The number of carbonyl (C=O) groups is 1. The molecule has 4 rings (SSSR count). The topological polar surface area (TPSA) is 44.8 Å². The van der Waals surface area contributed by atoms with Gasteiger partial charge in [0.05, 0.1) is 30.3 Å². The molecule has 2 atom stereocenters. The van der Waals surface area contributed by atoms with E-state index in [0.29, 0.717) is 25.2 Å². The lowest BCUT2D eigenvalue weighted by atomic mass is 9.82. The van der Waals surface area contributed by atoms with Crippen LogP contribution in [0.25, 0.3) is 0 Å². The van der Waals surface area contributed by atoms with Gasteiger partial charge in [-0.05, 0) is 56.2 Å². The van der Waals surface area contributed by atoms with Gasteiger partial charge in [-0.2, -0.15) is 13.2 Å². The summed E-state index contributed by atoms with van der Waals surface area (Å²) in [6.45, 7) is 5.63. The largest absolute Gasteiger partial charge is 0.495 e. The van der Waals surface area contributed by atoms with E-state index in [9.17, 15) is 18.0 Å². The number of halogens is 3. The maximum Gasteiger partial charge on any atom is 0.416 e. The van der Waals surface area contributed by atoms with Crippen LogP contribution in [-0.4, -0.2) is 44.7 Å². The molecule has 0 bridgehead atoms. The molecule has 0 aromatic heterocycles. The normalized spacial score (nSPS) is 20.6. The van der Waals surface area contributed by atoms with Crippen LogP contribution < -0.4 is 19.9 Å². The first-order valence-corrected chi connectivity index (χ1v) is 10.8. The molecule has 172 valence electrons. The van der Waals surface area contributed by atoms with Crippen LogP contribution in [0, 0.1) is 5.92 Å². The summed E-state index contributed by atoms with van der Waals surface area (Å²) >= 11 is 0. The molecule has 2 aliphatic heterocycles. The van der Waals surface area contributed by atoms with Crippen molar-refractivity contribution >= 4 is 17.3 Å². The van der Waals surface area contributed by atoms with Gasteiger partial charge in [0.1, 0.15) is 5.75 Å². The lowest BCUT2D eigenvalue weighted by Crippen LogP contribution is -2.61. The van der Waals surface area contributed by atoms with Crippen LogP contribution >= 0.6 is 0 Å². The number of hydrogen-bond acceptors (Lipinski definition) is 4. The van der Waals surface area contributed by atoms with Crippen LogP contribution in [0.5, 0.6) is 5.75 Å². The number of hydrogen-bond donors (Lipinski definition) is 1. The van der Waals surface area contributed by atoms with E-state index < -0.39 is 17.7 Å². The Morgan fingerprint density at radius 3 is 2.56 bits per heavy atom. The number of para-hydroxylation sites is 2. The van der Waals surface area contributed by atoms with Crippen molar-refractivity contribution in [3.05, 3.63) is 53.6 Å². The lowest BCUT2D eigenvalue weighted by molar-refractivity contribution is -0.137. The zero-order valence-corrected chi connectivity index (χ0v) is 18.4. The van der Waals surface area contributed by atoms with Crippen molar-refractivity contribution in [2.24, 2.45) is 5.92 Å². The first-order chi connectivity index (χ1) is 15.2. The number of carbonyl (C=O) groups excluding carboxylic acids is 1. The van der Waals surface area contributed by atoms with E-state index in [1.165, 1.54) is 6.07 Å². The second-order valence-corrected chi connectivity index (χ2v) is 8.69. The Morgan fingerprint density at radius 2 is 1.88 bits per heavy atom. The van der Waals surface area contributed by atoms with Crippen molar-refractivity contribution in [1.29, 1.82) is 0 Å². The molecule has 2 aromatic carbocycles. The summed E-state index contributed by atoms with van der Waals surface area (Å²) < 4.78 is 45.5. The van der Waals surface area contributed by atoms with Crippen molar-refractivity contribution in [2.45, 2.75) is 38.5 Å². The highest BCUT2D eigenvalue weighted by Gasteiger charge is 2.43. The first kappa shape index (κ1) is 22.3. The number of rotatable bonds is 4. The number of amides is 1. The van der Waals surface area contributed by atoms with Gasteiger partial charge in [-0.25, -0.2) is 0 Å². The third-order valence-corrected chi connectivity index (χ3v) is 6.23. The first-order valence-electron chi connectivity index (χ1n) is 10.8. The second-order valence-electron chi connectivity index (χ2n) is 8.69. The Labute approximate surface area is 186 Å². The Balaban J connectivity index is 1.70. The summed E-state index contributed by atoms with van der Waals surface area (Å²) in [7, 11) is 1.63. The van der Waals surface area contributed by atoms with Crippen molar-refractivity contribution in [2.75, 3.05) is 36.5 Å². The van der Waals surface area contributed by atoms with E-state index in [4.69, 9.17) is 4.74 Å². The number of fused-ring (bicyclic) bond motifs is 3. The molecule has 8 heteroatoms. The molecular formula is C24H28F3N3O2. The summed E-state index contributed by atoms with van der Waals surface area (Å²) in [5.41, 5.74) is 1.64. The number of alkyl halides is 3. The zero-order chi connectivity index (χ0) is 23.0. The van der Waals surface area contributed by atoms with E-state index in [0.717, 1.165) is 23.2 Å². The maximum atomic E-state index is 13.3. The fourth-order valence-electron chi connectivity index (χ4n) is 4.80. The second kappa shape index (κ2) is 8.56. The van der Waals surface area contributed by atoms with Crippen LogP contribution in [0.15, 0.2) is 42.5 Å². The van der Waals surface area contributed by atoms with Crippen LogP contribution in [-0.2, 0) is 17.4 Å². The number of nitrogens with zero attached hydrogens (tertiary/aromatic N) is 2. The van der Waals surface area contributed by atoms with Crippen LogP contribution in [0.3, 0.4) is 0 Å². The Hall–Kier alpha value is -2.90. The highest BCUT2D eigenvalue weighted by molar-refractivity contribution is 5.82. The number of anilines is 2. The zero-order valence-electron chi connectivity index (χ0n) is 18.4. The van der Waals surface area contributed by atoms with Crippen molar-refractivity contribution < 1.29 is 22.7 Å². The lowest BCUT2D eigenvalue weighted by Gasteiger charge is -2.50. The van der Waals surface area contributed by atoms with Crippen molar-refractivity contribution in [3.63, 3.8) is 0 Å². The molecule has 5 nitrogen and oxygen atoms in total. The summed E-state index contributed by atoms with van der Waals surface area (Å²) in [5, 5.41) is 2.97. The number of piperazine rings is 1. The smallest absolute Gasteiger partial charge is 0.416 e. The quantitative estimate of drug-likeness (QED) is 0.767. The van der Waals surface area contributed by atoms with Gasteiger partial charge >= 0.3 is 6.18 Å². The van der Waals surface area contributed by atoms with E-state index in [1.54, 1.807) is 13.2 Å². The predicted molar refractivity (Wildman–Crippen MR) is 118 cm³/mol. The number of benzene rings is 2. The molecule has 2 aliphatic rings. The van der Waals surface area contributed by atoms with Crippen molar-refractivity contribution in [1.82, 2.24) is 5.32 Å². The molecule has 1 saturated heterocycles. The highest BCUT2D eigenvalue weighted by Crippen LogP contribution is 2.41. The standard InChI is InChI=1S/C24H28F3N3O2/c1-15(2)28-23(31)18-13-16-12-17(24(25,26)27)8-9-19(16)30-11-10-29(14-21(18)30)20-6-4-5-7-22(20)32-3/h4-9,12,15,18,21H,10-11,13-14H2,1-3H3,(H,28,31). The average molecular weight is 448 g/mol. The minimum absolute atomic E-state index is 0.0484. The van der Waals surface area contributed by atoms with Gasteiger partial charge in [-0.3, -0.25) is 4.79 Å². The Morgan fingerprint density at radius 1 is 1.12 bits per heavy atom. The molecule has 1 amide bonds. The van der Waals surface area contributed by atoms with Gasteiger partial charge in [0.25, 0.3) is 0 Å². The fourth-order valence-corrected chi connectivity index (χ4v) is 4.80. The molecule has 1 N–H and O–H groups in total. The predicted octanol–water partition coefficient (Wildman–Crippen LogP) is 4.11. The Kier molecular flexibility index (Phi) is 5.97. The summed E-state index contributed by atoms with van der Waals surface area (Å²) in [5.74, 6) is 0.181. The average Bonchev–Trinajstić information content (AvgIpc) is 2.76. The van der Waals surface area contributed by atoms with Gasteiger partial charge in [0.2, 0.25) is 5.91 Å². The monoisotopic (exact) mass is 447 g/mol. The number of nitrogens with one attached hydrogen (secondary N) is 1. The van der Waals surface area contributed by atoms with Gasteiger partial charge < -0.3 is 19.9 Å². The third-order valence-electron chi connectivity index (χ3n) is 6.23. The fraction of sp³-hybridized carbons (Fsp3) is 0.458. The van der Waals surface area contributed by atoms with Gasteiger partial charge in [0.15, 0.2) is 0 Å². The summed E-state index contributed by atoms with van der Waals surface area (Å²) in [4.78, 5) is 17.4. The molecule has 0 radical (unpaired) electrons. The number of ether oxygens (including phenoxy) is 1. The minimum atomic E-state index is -4.41. The van der Waals surface area contributed by atoms with E-state index in [1.807, 2.05) is 38.1 Å². The number of methoxy groups -OCH3 is 1. The third kappa shape index (κ3) is 4.23. The SMILES string of the molecule is COc1ccccc1N1CCN2c3ccc(C(F)(F)F)cc3CC(C(=O)NC(C)C)C2C1. The van der Waals surface area contributed by atoms with Gasteiger partial charge in [0, 0.05) is 31.4 Å². The van der Waals surface area contributed by atoms with E-state index in [2.05, 4.69) is 15.1 Å². The molecule has 0 saturated carbocycles. The van der Waals surface area contributed by atoms with E-state index in [-0.39, 0.29) is 24.4 Å². The highest BCUT2D eigenvalue weighted by atomic mass is 19.4. The van der Waals surface area contributed by atoms with Crippen LogP contribution in [0.1, 0.15) is 25.0 Å². The molecule has 32 heavy (non-hydrogen) atoms. The molecule has 2 aromatic rings. The molecule has 0 aliphatic carbocycles. The maximum absolute atomic E-state index is 13.3. The molecule has 2 unspecified atom stereocenters. The van der Waals surface area contributed by atoms with Crippen LogP contribution in [0.4, 0.5) is 24.5 Å². The summed E-state index contributed by atoms with van der Waals surface area (Å²) in [6.07, 6.45) is -4.14. The van der Waals surface area contributed by atoms with E-state index >= 15 is 0 Å². The Bertz CT molecular complexity index is 993. The summed E-state index contributed by atoms with van der Waals surface area (Å²) in [6, 6.07) is 11.4. The van der Waals surface area contributed by atoms with Crippen LogP contribution in [0.2, 0.25) is 0 Å². The molecule has 1 fully saturated rings. The molecular weight excluding hydrogens is 419 g/mol. The van der Waals surface area contributed by atoms with Crippen molar-refractivity contribution in [3.8, 4) is 5.75 Å². The van der Waals surface area contributed by atoms with Gasteiger partial charge in [-0.15, -0.1) is 0 Å². The molecule has 2 heterocycles. The van der Waals surface area contributed by atoms with Gasteiger partial charge in [-0.1, -0.05) is 12.1 Å². The minimum Gasteiger partial charge on any atom is -0.495 e.